The van der Waals surface area contributed by atoms with E-state index in [0.717, 1.165) is 103 Å². The molecule has 9 nitrogen and oxygen atoms in total. The molecule has 0 aliphatic heterocycles. The molecule has 0 aromatic rings. The van der Waals surface area contributed by atoms with Crippen molar-refractivity contribution in [3.05, 3.63) is 97.2 Å². The van der Waals surface area contributed by atoms with Gasteiger partial charge >= 0.3 is 5.97 Å². The average Bonchev–Trinajstić information content (AvgIpc) is 3.63. The van der Waals surface area contributed by atoms with Crippen molar-refractivity contribution in [1.82, 2.24) is 5.32 Å². The highest BCUT2D eigenvalue weighted by atomic mass is 31.2. The number of phosphoric acid groups is 1. The summed E-state index contributed by atoms with van der Waals surface area (Å²) >= 11 is 0. The highest BCUT2D eigenvalue weighted by Gasteiger charge is 2.27. The van der Waals surface area contributed by atoms with Gasteiger partial charge < -0.3 is 28.5 Å². The largest absolute Gasteiger partial charge is 0.756 e. The van der Waals surface area contributed by atoms with Crippen LogP contribution in [0, 0.1) is 0 Å². The van der Waals surface area contributed by atoms with Crippen molar-refractivity contribution in [3.8, 4) is 0 Å². The van der Waals surface area contributed by atoms with Gasteiger partial charge in [0, 0.05) is 12.8 Å². The second-order valence-electron chi connectivity index (χ2n) is 25.0. The van der Waals surface area contributed by atoms with E-state index in [2.05, 4.69) is 111 Å². The summed E-state index contributed by atoms with van der Waals surface area (Å²) < 4.78 is 30.4. The van der Waals surface area contributed by atoms with Gasteiger partial charge in [0.05, 0.1) is 33.8 Å². The molecule has 3 atom stereocenters. The van der Waals surface area contributed by atoms with Crippen molar-refractivity contribution in [1.29, 1.82) is 0 Å². The summed E-state index contributed by atoms with van der Waals surface area (Å²) in [5.41, 5.74) is 0. The van der Waals surface area contributed by atoms with Crippen LogP contribution in [-0.4, -0.2) is 69.4 Å². The predicted molar refractivity (Wildman–Crippen MR) is 367 cm³/mol. The maximum atomic E-state index is 13.6. The van der Waals surface area contributed by atoms with E-state index in [-0.39, 0.29) is 24.9 Å². The van der Waals surface area contributed by atoms with E-state index in [0.29, 0.717) is 23.9 Å². The Balaban J connectivity index is 5.04. The minimum atomic E-state index is -4.71. The lowest BCUT2D eigenvalue weighted by Gasteiger charge is -2.30. The normalized spacial score (nSPS) is 14.1. The van der Waals surface area contributed by atoms with Gasteiger partial charge in [-0.1, -0.05) is 285 Å². The number of amides is 1. The lowest BCUT2D eigenvalue weighted by Crippen LogP contribution is -2.47. The molecule has 0 saturated carbocycles. The molecule has 0 aliphatic rings. The van der Waals surface area contributed by atoms with Crippen LogP contribution in [0.2, 0.25) is 0 Å². The van der Waals surface area contributed by atoms with Crippen LogP contribution in [0.15, 0.2) is 97.2 Å². The van der Waals surface area contributed by atoms with Crippen molar-refractivity contribution in [3.63, 3.8) is 0 Å². The van der Waals surface area contributed by atoms with Gasteiger partial charge in [0.25, 0.3) is 7.82 Å². The van der Waals surface area contributed by atoms with E-state index in [9.17, 15) is 19.0 Å². The van der Waals surface area contributed by atoms with Gasteiger partial charge in [0.1, 0.15) is 19.3 Å². The third-order valence-corrected chi connectivity index (χ3v) is 16.5. The van der Waals surface area contributed by atoms with Crippen LogP contribution in [-0.2, 0) is 27.9 Å². The molecule has 0 rings (SSSR count). The zero-order valence-corrected chi connectivity index (χ0v) is 57.2. The maximum absolute atomic E-state index is 13.6. The monoisotopic (exact) mass is 1210 g/mol. The number of allylic oxidation sites excluding steroid dienone is 15. The first kappa shape index (κ1) is 81.9. The first-order chi connectivity index (χ1) is 41.4. The number of likely N-dealkylation sites (N-methyl/N-ethyl adjacent to an activating group) is 1. The van der Waals surface area contributed by atoms with Crippen molar-refractivity contribution in [2.45, 2.75) is 328 Å². The number of hydrogen-bond acceptors (Lipinski definition) is 7. The molecule has 0 aliphatic carbocycles. The fraction of sp³-hybridized carbons (Fsp3) is 0.760. The number of unbranched alkanes of at least 4 members (excludes halogenated alkanes) is 34. The Bertz CT molecular complexity index is 1780. The number of rotatable bonds is 64. The number of carbonyl (C=O) groups excluding carboxylic acids is 2. The van der Waals surface area contributed by atoms with Crippen LogP contribution in [0.4, 0.5) is 0 Å². The minimum Gasteiger partial charge on any atom is -0.756 e. The molecule has 3 unspecified atom stereocenters. The summed E-state index contributed by atoms with van der Waals surface area (Å²) in [7, 11) is 1.17. The third kappa shape index (κ3) is 65.2. The van der Waals surface area contributed by atoms with Gasteiger partial charge in [-0.15, -0.1) is 0 Å². The van der Waals surface area contributed by atoms with E-state index >= 15 is 0 Å². The van der Waals surface area contributed by atoms with Gasteiger partial charge in [0.15, 0.2) is 0 Å². The van der Waals surface area contributed by atoms with Crippen LogP contribution < -0.4 is 10.2 Å². The van der Waals surface area contributed by atoms with Crippen LogP contribution in [0.5, 0.6) is 0 Å². The van der Waals surface area contributed by atoms with Gasteiger partial charge in [-0.25, -0.2) is 0 Å². The Morgan fingerprint density at radius 1 is 0.412 bits per heavy atom. The minimum absolute atomic E-state index is 0.0290. The Kier molecular flexibility index (Phi) is 61.6. The number of nitrogens with zero attached hydrogens (tertiary/aromatic N) is 1. The Hall–Kier alpha value is -3.07. The zero-order valence-electron chi connectivity index (χ0n) is 56.3. The number of esters is 1. The molecular formula is C75H135N2O7P. The van der Waals surface area contributed by atoms with Crippen molar-refractivity contribution in [2.24, 2.45) is 0 Å². The van der Waals surface area contributed by atoms with Gasteiger partial charge in [-0.05, 0) is 115 Å². The standard InChI is InChI=1S/C75H135N2O7P/c1-7-10-13-16-19-22-25-27-29-31-33-35-36-37-38-39-40-42-43-45-47-49-52-55-58-61-64-67-74(78)76-72(71-83-85(80,81)82-70-69-77(4,5)6)73(66-63-60-57-54-51-24-21-18-15-12-9-3)84-75(79)68-65-62-59-56-53-50-48-46-44-41-34-32-30-28-26-23-20-17-14-11-8-2/h19-20,22-23,27-30,33-35,41,46,48,63,66,72-73H,7-18,21,24-26,31-32,36-40,42-45,47,49-62,64-65,67-71H2,1-6H3,(H-,76,78,80,81)/b22-19-,23-20-,29-27-,30-28-,35-33-,41-34-,48-46-,66-63-. The summed E-state index contributed by atoms with van der Waals surface area (Å²) in [6, 6.07) is -0.902. The molecule has 0 radical (unpaired) electrons. The Morgan fingerprint density at radius 2 is 0.718 bits per heavy atom. The second-order valence-corrected chi connectivity index (χ2v) is 26.4. The molecular weight excluding hydrogens is 1070 g/mol. The molecule has 0 bridgehead atoms. The number of hydrogen-bond donors (Lipinski definition) is 1. The van der Waals surface area contributed by atoms with E-state index in [1.165, 1.54) is 173 Å². The fourth-order valence-electron chi connectivity index (χ4n) is 9.98. The van der Waals surface area contributed by atoms with Gasteiger partial charge in [-0.2, -0.15) is 0 Å². The van der Waals surface area contributed by atoms with Crippen molar-refractivity contribution >= 4 is 19.7 Å². The first-order valence-electron chi connectivity index (χ1n) is 35.5. The number of ether oxygens (including phenoxy) is 1. The SMILES string of the molecule is CCCCC/C=C\C/C=C\C/C=C\C/C=C\CCCCCCCC(=O)OC(/C=C\CCCCCCCCCCC)C(COP(=O)([O-])OCC[N+](C)(C)C)NC(=O)CCCCCCCCCCCCCCCC/C=C\C/C=C\C/C=C\CCCCC. The summed E-state index contributed by atoms with van der Waals surface area (Å²) in [4.78, 5) is 40.2. The Morgan fingerprint density at radius 3 is 1.09 bits per heavy atom. The molecule has 0 saturated heterocycles. The topological polar surface area (TPSA) is 114 Å². The Labute approximate surface area is 526 Å². The van der Waals surface area contributed by atoms with Crippen LogP contribution in [0.3, 0.4) is 0 Å². The van der Waals surface area contributed by atoms with Crippen molar-refractivity contribution < 1.29 is 37.3 Å². The molecule has 0 spiro atoms. The molecule has 1 amide bonds. The molecule has 492 valence electrons. The van der Waals surface area contributed by atoms with E-state index in [4.69, 9.17) is 13.8 Å². The number of carbonyl (C=O) groups is 2. The molecule has 85 heavy (non-hydrogen) atoms. The van der Waals surface area contributed by atoms with E-state index < -0.39 is 26.6 Å². The zero-order chi connectivity index (χ0) is 62.1. The lowest BCUT2D eigenvalue weighted by molar-refractivity contribution is -0.870. The second kappa shape index (κ2) is 63.9. The third-order valence-electron chi connectivity index (χ3n) is 15.5. The molecule has 0 aromatic carbocycles. The molecule has 0 aromatic heterocycles. The van der Waals surface area contributed by atoms with E-state index in [1.54, 1.807) is 0 Å². The summed E-state index contributed by atoms with van der Waals surface area (Å²) in [5.74, 6) is -0.560. The summed E-state index contributed by atoms with van der Waals surface area (Å²) in [6.07, 6.45) is 86.7. The highest BCUT2D eigenvalue weighted by molar-refractivity contribution is 7.45. The van der Waals surface area contributed by atoms with Crippen LogP contribution in [0.1, 0.15) is 316 Å². The highest BCUT2D eigenvalue weighted by Crippen LogP contribution is 2.38. The fourth-order valence-corrected chi connectivity index (χ4v) is 10.7. The van der Waals surface area contributed by atoms with Gasteiger partial charge in [-0.3, -0.25) is 14.2 Å². The smallest absolute Gasteiger partial charge is 0.306 e. The van der Waals surface area contributed by atoms with E-state index in [1.807, 2.05) is 33.3 Å². The first-order valence-corrected chi connectivity index (χ1v) is 37.0. The summed E-state index contributed by atoms with van der Waals surface area (Å²) in [5, 5.41) is 3.04. The maximum Gasteiger partial charge on any atom is 0.306 e. The lowest BCUT2D eigenvalue weighted by atomic mass is 10.0. The number of nitrogens with one attached hydrogen (secondary N) is 1. The molecule has 10 heteroatoms. The van der Waals surface area contributed by atoms with Gasteiger partial charge in [0.2, 0.25) is 5.91 Å². The quantitative estimate of drug-likeness (QED) is 0.0212. The number of quaternary nitrogens is 1. The molecule has 1 N–H and O–H groups in total. The molecule has 0 fully saturated rings. The average molecular weight is 1210 g/mol. The van der Waals surface area contributed by atoms with Crippen LogP contribution >= 0.6 is 7.82 Å². The van der Waals surface area contributed by atoms with Crippen molar-refractivity contribution in [2.75, 3.05) is 40.9 Å². The number of phosphoric ester groups is 1. The molecule has 0 heterocycles. The van der Waals surface area contributed by atoms with Crippen LogP contribution in [0.25, 0.3) is 0 Å². The predicted octanol–water partition coefficient (Wildman–Crippen LogP) is 22.0. The summed E-state index contributed by atoms with van der Waals surface area (Å²) in [6.45, 7) is 6.79.